The van der Waals surface area contributed by atoms with Gasteiger partial charge in [-0.15, -0.1) is 0 Å². The van der Waals surface area contributed by atoms with Gasteiger partial charge < -0.3 is 30.8 Å². The van der Waals surface area contributed by atoms with Crippen LogP contribution in [0.25, 0.3) is 0 Å². The van der Waals surface area contributed by atoms with Crippen LogP contribution in [0.5, 0.6) is 0 Å². The molecule has 5 N–H and O–H groups in total. The van der Waals surface area contributed by atoms with E-state index in [2.05, 4.69) is 25.9 Å². The first-order valence-electron chi connectivity index (χ1n) is 12.9. The molecule has 0 aliphatic carbocycles. The van der Waals surface area contributed by atoms with Gasteiger partial charge in [0, 0.05) is 31.2 Å². The van der Waals surface area contributed by atoms with Crippen LogP contribution in [-0.2, 0) is 38.4 Å². The minimum Gasteiger partial charge on any atom is -0.480 e. The van der Waals surface area contributed by atoms with Crippen molar-refractivity contribution >= 4 is 23.9 Å². The number of rotatable bonds is 12. The lowest BCUT2D eigenvalue weighted by Gasteiger charge is -2.26. The first-order chi connectivity index (χ1) is 19.0. The van der Waals surface area contributed by atoms with Gasteiger partial charge in [0.25, 0.3) is 0 Å². The van der Waals surface area contributed by atoms with Gasteiger partial charge in [-0.05, 0) is 31.9 Å². The average Bonchev–Trinajstić information content (AvgIpc) is 3.41. The number of H-pyrrole nitrogens is 1. The number of carbonyl (C=O) groups is 4. The second kappa shape index (κ2) is 13.9. The number of amides is 3. The first kappa shape index (κ1) is 29.9. The summed E-state index contributed by atoms with van der Waals surface area (Å²) < 4.78 is 5.35. The summed E-state index contributed by atoms with van der Waals surface area (Å²) in [5.41, 5.74) is 1.28. The molecule has 40 heavy (non-hydrogen) atoms. The predicted molar refractivity (Wildman–Crippen MR) is 147 cm³/mol. The molecule has 0 spiro atoms. The molecular formula is C29H35N5O6. The topological polar surface area (TPSA) is 163 Å². The molecule has 11 nitrogen and oxygen atoms in total. The highest BCUT2D eigenvalue weighted by Gasteiger charge is 2.31. The number of benzene rings is 2. The molecule has 0 aliphatic heterocycles. The predicted octanol–water partition coefficient (Wildman–Crippen LogP) is 2.39. The fraction of sp³-hybridized carbons (Fsp3) is 0.345. The number of aliphatic carboxylic acids is 1. The Kier molecular flexibility index (Phi) is 10.4. The number of nitrogens with zero attached hydrogens (tertiary/aromatic N) is 1. The van der Waals surface area contributed by atoms with Crippen LogP contribution in [0.3, 0.4) is 0 Å². The number of alkyl carbamates (subject to hydrolysis) is 1. The van der Waals surface area contributed by atoms with Crippen LogP contribution in [0.4, 0.5) is 4.79 Å². The molecule has 11 heteroatoms. The molecule has 3 atom stereocenters. The third-order valence-electron chi connectivity index (χ3n) is 5.80. The van der Waals surface area contributed by atoms with Crippen molar-refractivity contribution in [1.29, 1.82) is 0 Å². The molecule has 0 fully saturated rings. The third kappa shape index (κ3) is 9.90. The zero-order valence-corrected chi connectivity index (χ0v) is 22.7. The molecule has 212 valence electrons. The van der Waals surface area contributed by atoms with E-state index in [1.807, 2.05) is 36.4 Å². The van der Waals surface area contributed by atoms with Crippen LogP contribution < -0.4 is 16.0 Å². The zero-order valence-electron chi connectivity index (χ0n) is 22.7. The standard InChI is InChI=1S/C29H35N5O6/c1-29(2,3)40-28(39)34-23(15-20-12-8-5-9-13-20)26(36)32-22(14-19-10-6-4-7-11-19)25(35)33-24(27(37)38)16-21-17-30-18-31-21/h4-13,17-18,22-24H,14-16H2,1-3H3,(H,30,31)(H,32,36)(H,33,35)(H,34,39)(H,37,38)/t22-,23-,24-/m0/s1. The van der Waals surface area contributed by atoms with Crippen LogP contribution >= 0.6 is 0 Å². The molecule has 2 aromatic carbocycles. The number of hydrogen-bond donors (Lipinski definition) is 5. The number of imidazole rings is 1. The summed E-state index contributed by atoms with van der Waals surface area (Å²) in [6.07, 6.45) is 2.32. The van der Waals surface area contributed by atoms with Crippen LogP contribution in [-0.4, -0.2) is 62.7 Å². The van der Waals surface area contributed by atoms with E-state index in [1.165, 1.54) is 12.5 Å². The summed E-state index contributed by atoms with van der Waals surface area (Å²) in [6, 6.07) is 14.7. The Balaban J connectivity index is 1.82. The van der Waals surface area contributed by atoms with Gasteiger partial charge >= 0.3 is 12.1 Å². The lowest BCUT2D eigenvalue weighted by molar-refractivity contribution is -0.142. The van der Waals surface area contributed by atoms with Crippen molar-refractivity contribution in [2.45, 2.75) is 63.8 Å². The Bertz CT molecular complexity index is 1260. The van der Waals surface area contributed by atoms with Gasteiger partial charge in [-0.2, -0.15) is 0 Å². The van der Waals surface area contributed by atoms with E-state index in [0.29, 0.717) is 5.69 Å². The zero-order chi connectivity index (χ0) is 29.1. The third-order valence-corrected chi connectivity index (χ3v) is 5.80. The van der Waals surface area contributed by atoms with E-state index < -0.39 is 47.6 Å². The largest absolute Gasteiger partial charge is 0.480 e. The Morgan fingerprint density at radius 2 is 1.30 bits per heavy atom. The second-order valence-electron chi connectivity index (χ2n) is 10.3. The highest BCUT2D eigenvalue weighted by atomic mass is 16.6. The highest BCUT2D eigenvalue weighted by molar-refractivity contribution is 5.93. The monoisotopic (exact) mass is 549 g/mol. The van der Waals surface area contributed by atoms with Crippen molar-refractivity contribution in [2.75, 3.05) is 0 Å². The Morgan fingerprint density at radius 3 is 1.75 bits per heavy atom. The maximum Gasteiger partial charge on any atom is 0.408 e. The molecule has 0 saturated carbocycles. The van der Waals surface area contributed by atoms with Gasteiger partial charge in [-0.1, -0.05) is 60.7 Å². The van der Waals surface area contributed by atoms with Gasteiger partial charge in [0.1, 0.15) is 23.7 Å². The molecule has 3 rings (SSSR count). The minimum absolute atomic E-state index is 0.0239. The van der Waals surface area contributed by atoms with Gasteiger partial charge in [0.15, 0.2) is 0 Å². The molecule has 0 radical (unpaired) electrons. The number of carboxylic acid groups (broad SMARTS) is 1. The molecule has 0 unspecified atom stereocenters. The van der Waals surface area contributed by atoms with Gasteiger partial charge in [0.05, 0.1) is 6.33 Å². The lowest BCUT2D eigenvalue weighted by atomic mass is 10.0. The van der Waals surface area contributed by atoms with Crippen molar-refractivity contribution in [2.24, 2.45) is 0 Å². The van der Waals surface area contributed by atoms with Crippen molar-refractivity contribution in [3.05, 3.63) is 90.0 Å². The number of carbonyl (C=O) groups excluding carboxylic acids is 3. The maximum atomic E-state index is 13.5. The highest BCUT2D eigenvalue weighted by Crippen LogP contribution is 2.10. The molecule has 1 heterocycles. The van der Waals surface area contributed by atoms with Crippen molar-refractivity contribution in [3.63, 3.8) is 0 Å². The number of aromatic amines is 1. The Labute approximate surface area is 232 Å². The van der Waals surface area contributed by atoms with E-state index >= 15 is 0 Å². The summed E-state index contributed by atoms with van der Waals surface area (Å²) >= 11 is 0. The summed E-state index contributed by atoms with van der Waals surface area (Å²) in [6.45, 7) is 5.13. The number of ether oxygens (including phenoxy) is 1. The fourth-order valence-electron chi connectivity index (χ4n) is 3.93. The van der Waals surface area contributed by atoms with Gasteiger partial charge in [-0.3, -0.25) is 9.59 Å². The molecule has 3 amide bonds. The molecular weight excluding hydrogens is 514 g/mol. The van der Waals surface area contributed by atoms with Crippen molar-refractivity contribution in [3.8, 4) is 0 Å². The minimum atomic E-state index is -1.26. The molecule has 3 aromatic rings. The van der Waals surface area contributed by atoms with Crippen LogP contribution in [0, 0.1) is 0 Å². The van der Waals surface area contributed by atoms with E-state index in [0.717, 1.165) is 11.1 Å². The van der Waals surface area contributed by atoms with Crippen molar-refractivity contribution in [1.82, 2.24) is 25.9 Å². The van der Waals surface area contributed by atoms with E-state index in [9.17, 15) is 24.3 Å². The number of nitrogens with one attached hydrogen (secondary N) is 4. The molecule has 0 saturated heterocycles. The summed E-state index contributed by atoms with van der Waals surface area (Å²) in [5, 5.41) is 17.6. The molecule has 0 bridgehead atoms. The van der Waals surface area contributed by atoms with E-state index in [1.54, 1.807) is 45.0 Å². The van der Waals surface area contributed by atoms with Crippen LogP contribution in [0.1, 0.15) is 37.6 Å². The van der Waals surface area contributed by atoms with Crippen molar-refractivity contribution < 1.29 is 29.0 Å². The SMILES string of the molecule is CC(C)(C)OC(=O)N[C@@H](Cc1ccccc1)C(=O)N[C@@H](Cc1ccccc1)C(=O)N[C@@H](Cc1cnc[nH]1)C(=O)O. The number of hydrogen-bond acceptors (Lipinski definition) is 6. The van der Waals surface area contributed by atoms with Gasteiger partial charge in [-0.25, -0.2) is 14.6 Å². The average molecular weight is 550 g/mol. The quantitative estimate of drug-likeness (QED) is 0.232. The maximum absolute atomic E-state index is 13.5. The van der Waals surface area contributed by atoms with E-state index in [4.69, 9.17) is 4.74 Å². The smallest absolute Gasteiger partial charge is 0.408 e. The Hall–Kier alpha value is -4.67. The van der Waals surface area contributed by atoms with Crippen LogP contribution in [0.2, 0.25) is 0 Å². The summed E-state index contributed by atoms with van der Waals surface area (Å²) in [5.74, 6) is -2.53. The second-order valence-corrected chi connectivity index (χ2v) is 10.3. The lowest BCUT2D eigenvalue weighted by Crippen LogP contribution is -2.57. The fourth-order valence-corrected chi connectivity index (χ4v) is 3.93. The van der Waals surface area contributed by atoms with Gasteiger partial charge in [0.2, 0.25) is 11.8 Å². The summed E-state index contributed by atoms with van der Waals surface area (Å²) in [7, 11) is 0. The molecule has 0 aliphatic rings. The summed E-state index contributed by atoms with van der Waals surface area (Å²) in [4.78, 5) is 58.1. The van der Waals surface area contributed by atoms with Crippen LogP contribution in [0.15, 0.2) is 73.2 Å². The number of aromatic nitrogens is 2. The Morgan fingerprint density at radius 1 is 0.800 bits per heavy atom. The first-order valence-corrected chi connectivity index (χ1v) is 12.9. The van der Waals surface area contributed by atoms with E-state index in [-0.39, 0.29) is 19.3 Å². The molecule has 1 aromatic heterocycles. The number of carboxylic acids is 1. The normalized spacial score (nSPS) is 13.4.